The van der Waals surface area contributed by atoms with Crippen molar-refractivity contribution in [2.75, 3.05) is 19.0 Å². The molecule has 4 nitrogen and oxygen atoms in total. The van der Waals surface area contributed by atoms with Crippen LogP contribution in [0.2, 0.25) is 0 Å². The fourth-order valence-corrected chi connectivity index (χ4v) is 1.69. The van der Waals surface area contributed by atoms with Crippen molar-refractivity contribution in [1.29, 1.82) is 0 Å². The topological polar surface area (TPSA) is 39.1 Å². The van der Waals surface area contributed by atoms with Crippen molar-refractivity contribution in [3.8, 4) is 5.75 Å². The Morgan fingerprint density at radius 2 is 2.00 bits per heavy atom. The van der Waals surface area contributed by atoms with Crippen LogP contribution >= 0.6 is 0 Å². The first-order valence-electron chi connectivity index (χ1n) is 5.64. The zero-order valence-corrected chi connectivity index (χ0v) is 10.2. The molecule has 1 aromatic carbocycles. The summed E-state index contributed by atoms with van der Waals surface area (Å²) in [6, 6.07) is 9.97. The molecule has 0 fully saturated rings. The molecule has 0 unspecified atom stereocenters. The van der Waals surface area contributed by atoms with E-state index in [1.165, 1.54) is 5.69 Å². The maximum absolute atomic E-state index is 5.11. The smallest absolute Gasteiger partial charge is 0.119 e. The second-order valence-electron chi connectivity index (χ2n) is 3.85. The highest BCUT2D eigenvalue weighted by Gasteiger charge is 1.98. The van der Waals surface area contributed by atoms with Gasteiger partial charge >= 0.3 is 0 Å². The minimum absolute atomic E-state index is 0.877. The zero-order valence-electron chi connectivity index (χ0n) is 10.2. The Bertz CT molecular complexity index is 462. The lowest BCUT2D eigenvalue weighted by Gasteiger charge is -2.07. The molecule has 0 saturated heterocycles. The number of aromatic nitrogens is 2. The standard InChI is InChI=1S/C13H17N3O/c1-16-12(8-10-15-16)7-9-14-11-3-5-13(17-2)6-4-11/h3-6,8,10,14H,7,9H2,1-2H3. The molecule has 2 rings (SSSR count). The van der Waals surface area contributed by atoms with E-state index in [1.807, 2.05) is 48.3 Å². The normalized spacial score (nSPS) is 10.2. The summed E-state index contributed by atoms with van der Waals surface area (Å²) in [5, 5.41) is 7.50. The minimum atomic E-state index is 0.877. The molecule has 4 heteroatoms. The van der Waals surface area contributed by atoms with Crippen LogP contribution in [0.5, 0.6) is 5.75 Å². The molecule has 0 aliphatic carbocycles. The molecule has 0 spiro atoms. The van der Waals surface area contributed by atoms with Crippen molar-refractivity contribution < 1.29 is 4.74 Å². The van der Waals surface area contributed by atoms with Gasteiger partial charge in [0.15, 0.2) is 0 Å². The second kappa shape index (κ2) is 5.39. The van der Waals surface area contributed by atoms with Gasteiger partial charge in [-0.2, -0.15) is 5.10 Å². The third-order valence-electron chi connectivity index (χ3n) is 2.72. The fraction of sp³-hybridized carbons (Fsp3) is 0.308. The van der Waals surface area contributed by atoms with Crippen molar-refractivity contribution in [1.82, 2.24) is 9.78 Å². The van der Waals surface area contributed by atoms with E-state index in [9.17, 15) is 0 Å². The molecule has 0 aliphatic heterocycles. The number of rotatable bonds is 5. The highest BCUT2D eigenvalue weighted by Crippen LogP contribution is 2.14. The first-order chi connectivity index (χ1) is 8.29. The molecule has 90 valence electrons. The molecule has 17 heavy (non-hydrogen) atoms. The van der Waals surface area contributed by atoms with Gasteiger partial charge in [0.25, 0.3) is 0 Å². The van der Waals surface area contributed by atoms with Crippen LogP contribution in [-0.4, -0.2) is 23.4 Å². The second-order valence-corrected chi connectivity index (χ2v) is 3.85. The molecule has 1 N–H and O–H groups in total. The zero-order chi connectivity index (χ0) is 12.1. The Labute approximate surface area is 101 Å². The third-order valence-corrected chi connectivity index (χ3v) is 2.72. The highest BCUT2D eigenvalue weighted by molar-refractivity contribution is 5.46. The minimum Gasteiger partial charge on any atom is -0.497 e. The third kappa shape index (κ3) is 3.00. The fourth-order valence-electron chi connectivity index (χ4n) is 1.69. The number of ether oxygens (including phenoxy) is 1. The monoisotopic (exact) mass is 231 g/mol. The molecule has 1 heterocycles. The van der Waals surface area contributed by atoms with Gasteiger partial charge in [-0.1, -0.05) is 0 Å². The first kappa shape index (κ1) is 11.5. The molecular weight excluding hydrogens is 214 g/mol. The van der Waals surface area contributed by atoms with Crippen LogP contribution < -0.4 is 10.1 Å². The summed E-state index contributed by atoms with van der Waals surface area (Å²) < 4.78 is 7.01. The Kier molecular flexibility index (Phi) is 3.65. The van der Waals surface area contributed by atoms with E-state index in [-0.39, 0.29) is 0 Å². The van der Waals surface area contributed by atoms with Gasteiger partial charge in [-0.05, 0) is 30.3 Å². The number of nitrogens with zero attached hydrogens (tertiary/aromatic N) is 2. The van der Waals surface area contributed by atoms with Crippen LogP contribution in [0.4, 0.5) is 5.69 Å². The summed E-state index contributed by atoms with van der Waals surface area (Å²) in [6.07, 6.45) is 2.78. The number of anilines is 1. The number of hydrogen-bond acceptors (Lipinski definition) is 3. The molecule has 2 aromatic rings. The average Bonchev–Trinajstić information content (AvgIpc) is 2.76. The van der Waals surface area contributed by atoms with Crippen molar-refractivity contribution in [2.45, 2.75) is 6.42 Å². The average molecular weight is 231 g/mol. The lowest BCUT2D eigenvalue weighted by atomic mass is 10.2. The van der Waals surface area contributed by atoms with E-state index in [2.05, 4.69) is 10.4 Å². The van der Waals surface area contributed by atoms with E-state index < -0.39 is 0 Å². The van der Waals surface area contributed by atoms with Gasteiger partial charge in [0.05, 0.1) is 7.11 Å². The molecule has 0 bridgehead atoms. The Morgan fingerprint density at radius 3 is 2.59 bits per heavy atom. The number of nitrogens with one attached hydrogen (secondary N) is 1. The van der Waals surface area contributed by atoms with Gasteiger partial charge in [-0.3, -0.25) is 4.68 Å². The van der Waals surface area contributed by atoms with Crippen LogP contribution in [-0.2, 0) is 13.5 Å². The number of aryl methyl sites for hydroxylation is 1. The molecule has 0 radical (unpaired) electrons. The van der Waals surface area contributed by atoms with Gasteiger partial charge in [-0.15, -0.1) is 0 Å². The van der Waals surface area contributed by atoms with Crippen molar-refractivity contribution in [2.24, 2.45) is 7.05 Å². The molecule has 0 atom stereocenters. The Morgan fingerprint density at radius 1 is 1.24 bits per heavy atom. The molecule has 1 aromatic heterocycles. The van der Waals surface area contributed by atoms with Crippen molar-refractivity contribution in [3.05, 3.63) is 42.2 Å². The predicted octanol–water partition coefficient (Wildman–Crippen LogP) is 2.08. The van der Waals surface area contributed by atoms with Gasteiger partial charge in [0.2, 0.25) is 0 Å². The number of hydrogen-bond donors (Lipinski definition) is 1. The summed E-state index contributed by atoms with van der Waals surface area (Å²) in [7, 11) is 3.63. The predicted molar refractivity (Wildman–Crippen MR) is 68.4 cm³/mol. The van der Waals surface area contributed by atoms with Crippen molar-refractivity contribution >= 4 is 5.69 Å². The van der Waals surface area contributed by atoms with E-state index in [1.54, 1.807) is 7.11 Å². The van der Waals surface area contributed by atoms with Crippen molar-refractivity contribution in [3.63, 3.8) is 0 Å². The van der Waals surface area contributed by atoms with Gasteiger partial charge < -0.3 is 10.1 Å². The van der Waals surface area contributed by atoms with Gasteiger partial charge in [-0.25, -0.2) is 0 Å². The van der Waals surface area contributed by atoms with E-state index in [4.69, 9.17) is 4.74 Å². The molecular formula is C13H17N3O. The van der Waals surface area contributed by atoms with Crippen LogP contribution in [0, 0.1) is 0 Å². The molecule has 0 amide bonds. The summed E-state index contributed by atoms with van der Waals surface area (Å²) in [5.74, 6) is 0.877. The van der Waals surface area contributed by atoms with Crippen LogP contribution in [0.25, 0.3) is 0 Å². The van der Waals surface area contributed by atoms with E-state index >= 15 is 0 Å². The summed E-state index contributed by atoms with van der Waals surface area (Å²) >= 11 is 0. The summed E-state index contributed by atoms with van der Waals surface area (Å²) in [4.78, 5) is 0. The van der Waals surface area contributed by atoms with Crippen LogP contribution in [0.1, 0.15) is 5.69 Å². The summed E-state index contributed by atoms with van der Waals surface area (Å²) in [6.45, 7) is 0.895. The maximum atomic E-state index is 5.11. The molecule has 0 saturated carbocycles. The van der Waals surface area contributed by atoms with Gasteiger partial charge in [0, 0.05) is 37.6 Å². The quantitative estimate of drug-likeness (QED) is 0.856. The first-order valence-corrected chi connectivity index (χ1v) is 5.64. The van der Waals surface area contributed by atoms with Gasteiger partial charge in [0.1, 0.15) is 5.75 Å². The molecule has 0 aliphatic rings. The van der Waals surface area contributed by atoms with E-state index in [0.717, 1.165) is 24.4 Å². The van der Waals surface area contributed by atoms with E-state index in [0.29, 0.717) is 0 Å². The number of benzene rings is 1. The maximum Gasteiger partial charge on any atom is 0.119 e. The lowest BCUT2D eigenvalue weighted by molar-refractivity contribution is 0.415. The Hall–Kier alpha value is -1.97. The summed E-state index contributed by atoms with van der Waals surface area (Å²) in [5.41, 5.74) is 2.33. The number of methoxy groups -OCH3 is 1. The SMILES string of the molecule is COc1ccc(NCCc2ccnn2C)cc1. The van der Waals surface area contributed by atoms with Crippen LogP contribution in [0.3, 0.4) is 0 Å². The Balaban J connectivity index is 1.83. The lowest BCUT2D eigenvalue weighted by Crippen LogP contribution is -2.08. The highest BCUT2D eigenvalue weighted by atomic mass is 16.5. The van der Waals surface area contributed by atoms with Crippen LogP contribution in [0.15, 0.2) is 36.5 Å². The largest absolute Gasteiger partial charge is 0.497 e.